The molecule has 6 N–H and O–H groups in total. The molecule has 0 radical (unpaired) electrons. The Labute approximate surface area is 191 Å². The van der Waals surface area contributed by atoms with E-state index in [1.807, 2.05) is 0 Å². The van der Waals surface area contributed by atoms with Gasteiger partial charge < -0.3 is 39.7 Å². The van der Waals surface area contributed by atoms with Crippen molar-refractivity contribution in [2.45, 2.75) is 75.6 Å². The summed E-state index contributed by atoms with van der Waals surface area (Å²) in [6.07, 6.45) is -6.31. The van der Waals surface area contributed by atoms with Gasteiger partial charge in [-0.1, -0.05) is 5.21 Å². The van der Waals surface area contributed by atoms with Crippen LogP contribution in [0.3, 0.4) is 0 Å². The number of aromatic nitrogens is 5. The normalized spacial score (nSPS) is 33.9. The predicted molar refractivity (Wildman–Crippen MR) is 109 cm³/mol. The lowest BCUT2D eigenvalue weighted by Crippen LogP contribution is -2.59. The molecule has 2 aromatic rings. The Hall–Kier alpha value is -2.50. The van der Waals surface area contributed by atoms with E-state index in [-0.39, 0.29) is 19.6 Å². The summed E-state index contributed by atoms with van der Waals surface area (Å²) < 4.78 is 19.1. The number of ether oxygens (including phenoxy) is 3. The molecule has 4 rings (SSSR count). The van der Waals surface area contributed by atoms with Gasteiger partial charge in [0, 0.05) is 18.2 Å². The quantitative estimate of drug-likeness (QED) is 0.222. The molecule has 2 saturated heterocycles. The van der Waals surface area contributed by atoms with Gasteiger partial charge in [-0.2, -0.15) is 0 Å². The molecule has 2 aliphatic rings. The van der Waals surface area contributed by atoms with Crippen molar-refractivity contribution in [2.75, 3.05) is 6.61 Å². The van der Waals surface area contributed by atoms with Crippen LogP contribution in [0.5, 0.6) is 0 Å². The summed E-state index contributed by atoms with van der Waals surface area (Å²) >= 11 is 0. The molecule has 4 heterocycles. The number of aliphatic hydroxyl groups is 5. The average Bonchev–Trinajstić information content (AvgIpc) is 3.40. The molecule has 15 nitrogen and oxygen atoms in total. The molecule has 0 spiro atoms. The fourth-order valence-electron chi connectivity index (χ4n) is 3.90. The number of hydrogen-bond donors (Lipinski definition) is 6. The Balaban J connectivity index is 1.35. The van der Waals surface area contributed by atoms with E-state index in [9.17, 15) is 35.1 Å². The summed E-state index contributed by atoms with van der Waals surface area (Å²) in [5, 5.41) is 57.2. The fourth-order valence-corrected chi connectivity index (χ4v) is 3.90. The minimum absolute atomic E-state index is 0.113. The molecule has 0 aromatic carbocycles. The molecule has 2 fully saturated rings. The van der Waals surface area contributed by atoms with Crippen LogP contribution < -0.4 is 11.2 Å². The average molecular weight is 485 g/mol. The van der Waals surface area contributed by atoms with Crippen molar-refractivity contribution in [2.24, 2.45) is 0 Å². The highest BCUT2D eigenvalue weighted by molar-refractivity contribution is 5.02. The highest BCUT2D eigenvalue weighted by atomic mass is 16.7. The summed E-state index contributed by atoms with van der Waals surface area (Å²) in [6, 6.07) is 0. The summed E-state index contributed by atoms with van der Waals surface area (Å²) in [5.41, 5.74) is -0.450. The van der Waals surface area contributed by atoms with Crippen LogP contribution in [0, 0.1) is 6.92 Å². The largest absolute Gasteiger partial charge is 0.394 e. The Morgan fingerprint density at radius 1 is 1.12 bits per heavy atom. The van der Waals surface area contributed by atoms with Gasteiger partial charge in [-0.05, 0) is 6.92 Å². The van der Waals surface area contributed by atoms with Crippen LogP contribution in [0.1, 0.15) is 23.9 Å². The van der Waals surface area contributed by atoms with E-state index in [4.69, 9.17) is 14.2 Å². The highest BCUT2D eigenvalue weighted by Crippen LogP contribution is 2.28. The van der Waals surface area contributed by atoms with Crippen molar-refractivity contribution in [3.63, 3.8) is 0 Å². The fraction of sp³-hybridized carbons (Fsp3) is 0.684. The van der Waals surface area contributed by atoms with E-state index in [1.54, 1.807) is 6.92 Å². The van der Waals surface area contributed by atoms with Crippen molar-refractivity contribution in [3.05, 3.63) is 44.5 Å². The minimum Gasteiger partial charge on any atom is -0.394 e. The first kappa shape index (κ1) is 24.6. The van der Waals surface area contributed by atoms with Crippen LogP contribution in [0.2, 0.25) is 0 Å². The number of nitrogens with zero attached hydrogens (tertiary/aromatic N) is 4. The summed E-state index contributed by atoms with van der Waals surface area (Å²) in [4.78, 5) is 25.9. The number of aryl methyl sites for hydroxylation is 1. The Kier molecular flexibility index (Phi) is 7.25. The van der Waals surface area contributed by atoms with Gasteiger partial charge in [0.1, 0.15) is 42.4 Å². The maximum absolute atomic E-state index is 12.1. The monoisotopic (exact) mass is 485 g/mol. The molecule has 15 heteroatoms. The standard InChI is InChI=1S/C19H27N5O10/c1-8-3-24(19(31)20-17(8)30)13-2-10(26)11(33-13)5-23-4-9(21-22-23)7-32-18-16(29)15(28)14(27)12(6-25)34-18/h3-4,10-16,18,25-29H,2,5-7H2,1H3,(H,20,30,31)/t10-,11+,12+,13+,14-,15-,16+,18-/m0/s1. The molecule has 0 saturated carbocycles. The first-order valence-corrected chi connectivity index (χ1v) is 10.6. The zero-order valence-corrected chi connectivity index (χ0v) is 18.2. The van der Waals surface area contributed by atoms with Crippen molar-refractivity contribution in [1.82, 2.24) is 24.5 Å². The number of aromatic amines is 1. The minimum atomic E-state index is -1.56. The van der Waals surface area contributed by atoms with Crippen molar-refractivity contribution < 1.29 is 39.7 Å². The topological polar surface area (TPSA) is 214 Å². The molecular formula is C19H27N5O10. The maximum atomic E-state index is 12.1. The highest BCUT2D eigenvalue weighted by Gasteiger charge is 2.44. The molecule has 0 bridgehead atoms. The van der Waals surface area contributed by atoms with Gasteiger partial charge in [-0.15, -0.1) is 5.10 Å². The van der Waals surface area contributed by atoms with Gasteiger partial charge in [0.05, 0.1) is 32.1 Å². The Morgan fingerprint density at radius 2 is 1.88 bits per heavy atom. The lowest BCUT2D eigenvalue weighted by molar-refractivity contribution is -0.304. The van der Waals surface area contributed by atoms with Gasteiger partial charge in [-0.25, -0.2) is 9.48 Å². The summed E-state index contributed by atoms with van der Waals surface area (Å²) in [6.45, 7) is 0.935. The van der Waals surface area contributed by atoms with E-state index in [2.05, 4.69) is 15.3 Å². The van der Waals surface area contributed by atoms with Gasteiger partial charge in [0.2, 0.25) is 0 Å². The van der Waals surface area contributed by atoms with Crippen LogP contribution in [-0.4, -0.2) is 99.6 Å². The Bertz CT molecular complexity index is 1100. The number of rotatable bonds is 7. The molecular weight excluding hydrogens is 458 g/mol. The molecule has 0 unspecified atom stereocenters. The van der Waals surface area contributed by atoms with E-state index < -0.39 is 67.0 Å². The van der Waals surface area contributed by atoms with Crippen molar-refractivity contribution in [3.8, 4) is 0 Å². The third kappa shape index (κ3) is 4.96. The SMILES string of the molecule is Cc1cn([C@H]2C[C@H](O)[C@@H](Cn3cc(CO[C@H]4O[C@H](CO)[C@H](O)[C@H](O)[C@H]4O)nn3)O2)c(=O)[nH]c1=O. The lowest BCUT2D eigenvalue weighted by atomic mass is 9.99. The molecule has 8 atom stereocenters. The van der Waals surface area contributed by atoms with E-state index >= 15 is 0 Å². The Morgan fingerprint density at radius 3 is 2.62 bits per heavy atom. The third-order valence-corrected chi connectivity index (χ3v) is 5.86. The van der Waals surface area contributed by atoms with Crippen LogP contribution >= 0.6 is 0 Å². The molecule has 34 heavy (non-hydrogen) atoms. The maximum Gasteiger partial charge on any atom is 0.330 e. The molecule has 0 amide bonds. The second-order valence-electron chi connectivity index (χ2n) is 8.35. The first-order chi connectivity index (χ1) is 16.2. The van der Waals surface area contributed by atoms with Crippen LogP contribution in [-0.2, 0) is 27.4 Å². The zero-order chi connectivity index (χ0) is 24.6. The number of hydrogen-bond acceptors (Lipinski definition) is 12. The van der Waals surface area contributed by atoms with Crippen LogP contribution in [0.25, 0.3) is 0 Å². The molecule has 2 aromatic heterocycles. The van der Waals surface area contributed by atoms with Gasteiger partial charge >= 0.3 is 5.69 Å². The molecule has 2 aliphatic heterocycles. The van der Waals surface area contributed by atoms with E-state index in [0.717, 1.165) is 0 Å². The smallest absolute Gasteiger partial charge is 0.330 e. The van der Waals surface area contributed by atoms with Crippen molar-refractivity contribution >= 4 is 0 Å². The van der Waals surface area contributed by atoms with E-state index in [0.29, 0.717) is 11.3 Å². The molecule has 0 aliphatic carbocycles. The van der Waals surface area contributed by atoms with E-state index in [1.165, 1.54) is 21.6 Å². The van der Waals surface area contributed by atoms with Crippen LogP contribution in [0.15, 0.2) is 22.0 Å². The number of aliphatic hydroxyl groups excluding tert-OH is 5. The second kappa shape index (κ2) is 10.0. The predicted octanol–water partition coefficient (Wildman–Crippen LogP) is -3.90. The third-order valence-electron chi connectivity index (χ3n) is 5.86. The van der Waals surface area contributed by atoms with Gasteiger partial charge in [-0.3, -0.25) is 14.3 Å². The molecule has 188 valence electrons. The summed E-state index contributed by atoms with van der Waals surface area (Å²) in [7, 11) is 0. The van der Waals surface area contributed by atoms with Gasteiger partial charge in [0.15, 0.2) is 6.29 Å². The number of nitrogens with one attached hydrogen (secondary N) is 1. The zero-order valence-electron chi connectivity index (χ0n) is 18.2. The van der Waals surface area contributed by atoms with Gasteiger partial charge in [0.25, 0.3) is 5.56 Å². The van der Waals surface area contributed by atoms with Crippen LogP contribution in [0.4, 0.5) is 0 Å². The number of H-pyrrole nitrogens is 1. The first-order valence-electron chi connectivity index (χ1n) is 10.6. The second-order valence-corrected chi connectivity index (χ2v) is 8.35. The summed E-state index contributed by atoms with van der Waals surface area (Å²) in [5.74, 6) is 0. The lowest BCUT2D eigenvalue weighted by Gasteiger charge is -2.39. The van der Waals surface area contributed by atoms with Crippen molar-refractivity contribution in [1.29, 1.82) is 0 Å².